The van der Waals surface area contributed by atoms with Crippen LogP contribution in [0.4, 0.5) is 0 Å². The van der Waals surface area contributed by atoms with E-state index in [1.54, 1.807) is 0 Å². The molecule has 0 heterocycles. The van der Waals surface area contributed by atoms with Crippen molar-refractivity contribution in [2.24, 2.45) is 0 Å². The first-order chi connectivity index (χ1) is 5.11. The standard InChI is InChI=1S/C6H6O4S.K/c7-4-1-2-5(8)6(3-4)11(9)10;/h1-3,7-8H,(H,9,10);/q;+1/p-1. The van der Waals surface area contributed by atoms with Gasteiger partial charge in [-0.1, -0.05) is 0 Å². The number of hydrogen-bond acceptors (Lipinski definition) is 4. The Balaban J connectivity index is 0.00000121. The minimum atomic E-state index is -2.51. The third-order valence-corrected chi connectivity index (χ3v) is 1.81. The van der Waals surface area contributed by atoms with E-state index >= 15 is 0 Å². The average Bonchev–Trinajstić information content (AvgIpc) is 1.94. The molecule has 0 fully saturated rings. The fraction of sp³-hybridized carbons (Fsp3) is 0. The van der Waals surface area contributed by atoms with Gasteiger partial charge in [0, 0.05) is 0 Å². The molecule has 60 valence electrons. The van der Waals surface area contributed by atoms with E-state index in [9.17, 15) is 8.76 Å². The van der Waals surface area contributed by atoms with Gasteiger partial charge >= 0.3 is 51.4 Å². The summed E-state index contributed by atoms with van der Waals surface area (Å²) in [6.45, 7) is 0. The number of phenolic OH excluding ortho intramolecular Hbond substituents is 2. The molecule has 0 aliphatic heterocycles. The molecule has 1 rings (SSSR count). The van der Waals surface area contributed by atoms with Crippen LogP contribution in [-0.4, -0.2) is 19.0 Å². The van der Waals surface area contributed by atoms with Gasteiger partial charge in [0.1, 0.15) is 11.5 Å². The summed E-state index contributed by atoms with van der Waals surface area (Å²) in [7, 11) is 0. The molecule has 1 aromatic rings. The Morgan fingerprint density at radius 3 is 2.33 bits per heavy atom. The van der Waals surface area contributed by atoms with E-state index in [-0.39, 0.29) is 67.8 Å². The molecule has 0 amide bonds. The normalized spacial score (nSPS) is 11.8. The summed E-state index contributed by atoms with van der Waals surface area (Å²) in [4.78, 5) is -0.301. The number of rotatable bonds is 1. The predicted octanol–water partition coefficient (Wildman–Crippen LogP) is -2.66. The van der Waals surface area contributed by atoms with Gasteiger partial charge < -0.3 is 14.8 Å². The summed E-state index contributed by atoms with van der Waals surface area (Å²) in [5.74, 6) is -0.557. The van der Waals surface area contributed by atoms with Crippen molar-refractivity contribution >= 4 is 11.1 Å². The molecule has 1 unspecified atom stereocenters. The molecule has 0 aromatic heterocycles. The molecule has 0 radical (unpaired) electrons. The van der Waals surface area contributed by atoms with Crippen LogP contribution in [0.1, 0.15) is 0 Å². The summed E-state index contributed by atoms with van der Waals surface area (Å²) in [5.41, 5.74) is 0. The summed E-state index contributed by atoms with van der Waals surface area (Å²) in [6, 6.07) is 3.28. The summed E-state index contributed by atoms with van der Waals surface area (Å²) in [5, 5.41) is 17.7. The largest absolute Gasteiger partial charge is 1.00 e. The molecule has 0 bridgehead atoms. The Labute approximate surface area is 114 Å². The Morgan fingerprint density at radius 1 is 1.33 bits per heavy atom. The van der Waals surface area contributed by atoms with Gasteiger partial charge in [0.05, 0.1) is 4.90 Å². The first-order valence-corrected chi connectivity index (χ1v) is 3.80. The van der Waals surface area contributed by atoms with Gasteiger partial charge in [0.15, 0.2) is 0 Å². The predicted molar refractivity (Wildman–Crippen MR) is 37.0 cm³/mol. The topological polar surface area (TPSA) is 80.6 Å². The van der Waals surface area contributed by atoms with E-state index in [1.165, 1.54) is 6.07 Å². The van der Waals surface area contributed by atoms with Crippen molar-refractivity contribution < 1.29 is 70.4 Å². The average molecular weight is 212 g/mol. The van der Waals surface area contributed by atoms with Gasteiger partial charge in [-0.15, -0.1) is 0 Å². The SMILES string of the molecule is O=S([O-])c1cc(O)ccc1O.[K+]. The Morgan fingerprint density at radius 2 is 1.92 bits per heavy atom. The van der Waals surface area contributed by atoms with Crippen LogP contribution < -0.4 is 51.4 Å². The first kappa shape index (κ1) is 12.6. The number of benzene rings is 1. The Hall–Kier alpha value is 0.566. The molecule has 6 heteroatoms. The third kappa shape index (κ3) is 3.13. The van der Waals surface area contributed by atoms with Crippen LogP contribution in [0.5, 0.6) is 11.5 Å². The molecule has 0 saturated heterocycles. The molecule has 4 nitrogen and oxygen atoms in total. The molecule has 0 aliphatic rings. The quantitative estimate of drug-likeness (QED) is 0.302. The van der Waals surface area contributed by atoms with Gasteiger partial charge in [0.2, 0.25) is 0 Å². The molecular formula is C6H5KO4S. The van der Waals surface area contributed by atoms with Crippen LogP contribution in [0.3, 0.4) is 0 Å². The van der Waals surface area contributed by atoms with Crippen LogP contribution in [0.15, 0.2) is 23.1 Å². The molecule has 0 aliphatic carbocycles. The zero-order valence-electron chi connectivity index (χ0n) is 6.35. The monoisotopic (exact) mass is 212 g/mol. The molecule has 2 N–H and O–H groups in total. The van der Waals surface area contributed by atoms with Crippen molar-refractivity contribution in [1.29, 1.82) is 0 Å². The van der Waals surface area contributed by atoms with Crippen LogP contribution >= 0.6 is 0 Å². The van der Waals surface area contributed by atoms with E-state index in [2.05, 4.69) is 0 Å². The minimum Gasteiger partial charge on any atom is -0.768 e. The maximum absolute atomic E-state index is 10.3. The maximum atomic E-state index is 10.3. The van der Waals surface area contributed by atoms with E-state index in [0.29, 0.717) is 0 Å². The van der Waals surface area contributed by atoms with E-state index < -0.39 is 11.1 Å². The molecule has 0 saturated carbocycles. The van der Waals surface area contributed by atoms with E-state index in [4.69, 9.17) is 10.2 Å². The Kier molecular flexibility index (Phi) is 5.58. The minimum absolute atomic E-state index is 0. The fourth-order valence-corrected chi connectivity index (χ4v) is 1.09. The van der Waals surface area contributed by atoms with Crippen molar-refractivity contribution in [2.45, 2.75) is 4.90 Å². The second-order valence-corrected chi connectivity index (χ2v) is 2.80. The summed E-state index contributed by atoms with van der Waals surface area (Å²) >= 11 is -2.51. The van der Waals surface area contributed by atoms with Crippen LogP contribution in [-0.2, 0) is 11.1 Å². The van der Waals surface area contributed by atoms with Gasteiger partial charge in [-0.2, -0.15) is 0 Å². The summed E-state index contributed by atoms with van der Waals surface area (Å²) in [6.07, 6.45) is 0. The van der Waals surface area contributed by atoms with E-state index in [0.717, 1.165) is 12.1 Å². The van der Waals surface area contributed by atoms with Crippen LogP contribution in [0, 0.1) is 0 Å². The van der Waals surface area contributed by atoms with Gasteiger partial charge in [0.25, 0.3) is 0 Å². The van der Waals surface area contributed by atoms with E-state index in [1.807, 2.05) is 0 Å². The van der Waals surface area contributed by atoms with Crippen molar-refractivity contribution in [2.75, 3.05) is 0 Å². The molecule has 1 atom stereocenters. The van der Waals surface area contributed by atoms with Gasteiger partial charge in [-0.25, -0.2) is 0 Å². The van der Waals surface area contributed by atoms with Crippen molar-refractivity contribution in [3.05, 3.63) is 18.2 Å². The smallest absolute Gasteiger partial charge is 0.768 e. The van der Waals surface area contributed by atoms with Crippen molar-refractivity contribution in [1.82, 2.24) is 0 Å². The van der Waals surface area contributed by atoms with Crippen LogP contribution in [0.25, 0.3) is 0 Å². The number of phenols is 2. The molecule has 12 heavy (non-hydrogen) atoms. The fourth-order valence-electron chi connectivity index (χ4n) is 0.636. The second-order valence-electron chi connectivity index (χ2n) is 1.89. The summed E-state index contributed by atoms with van der Waals surface area (Å²) < 4.78 is 20.6. The zero-order valence-corrected chi connectivity index (χ0v) is 10.3. The van der Waals surface area contributed by atoms with Crippen molar-refractivity contribution in [3.63, 3.8) is 0 Å². The zero-order chi connectivity index (χ0) is 8.43. The second kappa shape index (κ2) is 5.33. The van der Waals surface area contributed by atoms with Crippen LogP contribution in [0.2, 0.25) is 0 Å². The van der Waals surface area contributed by atoms with Crippen molar-refractivity contribution in [3.8, 4) is 11.5 Å². The maximum Gasteiger partial charge on any atom is 1.00 e. The molecule has 1 aromatic carbocycles. The van der Waals surface area contributed by atoms with Gasteiger partial charge in [-0.3, -0.25) is 4.21 Å². The third-order valence-electron chi connectivity index (χ3n) is 1.12. The molecule has 0 spiro atoms. The number of aromatic hydroxyl groups is 2. The van der Waals surface area contributed by atoms with Gasteiger partial charge in [-0.05, 0) is 29.3 Å². The number of hydrogen-bond donors (Lipinski definition) is 2. The Bertz CT molecular complexity index is 302. The first-order valence-electron chi connectivity index (χ1n) is 2.72. The molecular weight excluding hydrogens is 207 g/mol.